The molecule has 5 heteroatoms. The van der Waals surface area contributed by atoms with E-state index in [9.17, 15) is 0 Å². The fraction of sp³-hybridized carbons (Fsp3) is 0.0690. The lowest BCUT2D eigenvalue weighted by molar-refractivity contribution is -0.585. The van der Waals surface area contributed by atoms with Gasteiger partial charge in [-0.3, -0.25) is 0 Å². The third kappa shape index (κ3) is 3.45. The number of nitrogens with one attached hydrogen (secondary N) is 1. The molecule has 0 saturated carbocycles. The number of hydrogen-bond donors (Lipinski definition) is 1. The summed E-state index contributed by atoms with van der Waals surface area (Å²) in [6, 6.07) is 36.1. The number of rotatable bonds is 5. The standard InChI is InChI=1S/C29H24N3OS/c1-20-12-14-21(15-13-20)27-28(22-16-18-23(33-2)19-17-22)31-26-11-7-6-10-25(26)30-32(31)29(27)34-24-8-4-3-5-9-24/h3-19,30H,1-2H3/q+1. The molecule has 0 radical (unpaired) electrons. The highest BCUT2D eigenvalue weighted by Crippen LogP contribution is 2.41. The Morgan fingerprint density at radius 1 is 0.765 bits per heavy atom. The summed E-state index contributed by atoms with van der Waals surface area (Å²) in [5, 5.41) is 4.77. The van der Waals surface area contributed by atoms with Crippen molar-refractivity contribution in [1.29, 1.82) is 0 Å². The summed E-state index contributed by atoms with van der Waals surface area (Å²) in [6.07, 6.45) is 0. The van der Waals surface area contributed by atoms with Gasteiger partial charge in [0, 0.05) is 10.5 Å². The Bertz CT molecular complexity index is 1600. The van der Waals surface area contributed by atoms with E-state index in [0.717, 1.165) is 33.1 Å². The number of H-pyrrole nitrogens is 1. The van der Waals surface area contributed by atoms with Crippen molar-refractivity contribution in [2.75, 3.05) is 7.11 Å². The molecule has 6 rings (SSSR count). The van der Waals surface area contributed by atoms with E-state index in [1.165, 1.54) is 21.6 Å². The van der Waals surface area contributed by atoms with Gasteiger partial charge in [-0.2, -0.15) is 5.10 Å². The number of nitrogens with zero attached hydrogens (tertiary/aromatic N) is 2. The van der Waals surface area contributed by atoms with E-state index in [1.807, 2.05) is 12.1 Å². The Balaban J connectivity index is 1.73. The predicted molar refractivity (Wildman–Crippen MR) is 138 cm³/mol. The normalized spacial score (nSPS) is 11.4. The Hall–Kier alpha value is -3.96. The summed E-state index contributed by atoms with van der Waals surface area (Å²) in [5.74, 6) is 0.846. The molecule has 4 nitrogen and oxygen atoms in total. The number of aromatic amines is 1. The monoisotopic (exact) mass is 462 g/mol. The van der Waals surface area contributed by atoms with Gasteiger partial charge in [-0.25, -0.2) is 0 Å². The smallest absolute Gasteiger partial charge is 0.202 e. The summed E-state index contributed by atoms with van der Waals surface area (Å²) in [7, 11) is 1.70. The second-order valence-electron chi connectivity index (χ2n) is 8.29. The van der Waals surface area contributed by atoms with Gasteiger partial charge >= 0.3 is 0 Å². The number of para-hydroxylation sites is 2. The van der Waals surface area contributed by atoms with Crippen molar-refractivity contribution >= 4 is 22.8 Å². The van der Waals surface area contributed by atoms with Gasteiger partial charge in [-0.1, -0.05) is 71.9 Å². The molecule has 0 aliphatic heterocycles. The molecule has 0 atom stereocenters. The van der Waals surface area contributed by atoms with Crippen LogP contribution in [0.5, 0.6) is 5.75 Å². The molecule has 166 valence electrons. The maximum absolute atomic E-state index is 5.44. The molecular weight excluding hydrogens is 438 g/mol. The van der Waals surface area contributed by atoms with Crippen LogP contribution in [0.4, 0.5) is 0 Å². The zero-order valence-electron chi connectivity index (χ0n) is 19.0. The van der Waals surface area contributed by atoms with Crippen LogP contribution in [0.25, 0.3) is 33.4 Å². The van der Waals surface area contributed by atoms with Crippen molar-refractivity contribution in [2.45, 2.75) is 16.8 Å². The lowest BCUT2D eigenvalue weighted by Crippen LogP contribution is -2.28. The SMILES string of the molecule is COc1ccc(-c2c(-c3ccc(C)cc3)c(Sc3ccccc3)n3[nH]c4ccccc4[n+]23)cc1. The molecule has 4 aromatic carbocycles. The first-order valence-corrected chi connectivity index (χ1v) is 12.1. The molecule has 6 aromatic rings. The number of aryl methyl sites for hydroxylation is 1. The minimum absolute atomic E-state index is 0.846. The van der Waals surface area contributed by atoms with Crippen LogP contribution in [0.3, 0.4) is 0 Å². The molecular formula is C29H24N3OS+. The molecule has 0 amide bonds. The molecule has 34 heavy (non-hydrogen) atoms. The molecule has 0 saturated heterocycles. The van der Waals surface area contributed by atoms with E-state index in [4.69, 9.17) is 4.74 Å². The average molecular weight is 463 g/mol. The van der Waals surface area contributed by atoms with Crippen LogP contribution in [0.15, 0.2) is 113 Å². The van der Waals surface area contributed by atoms with Gasteiger partial charge in [0.15, 0.2) is 16.2 Å². The van der Waals surface area contributed by atoms with E-state index in [1.54, 1.807) is 18.9 Å². The average Bonchev–Trinajstić information content (AvgIpc) is 3.40. The second kappa shape index (κ2) is 8.43. The van der Waals surface area contributed by atoms with Crippen molar-refractivity contribution in [2.24, 2.45) is 0 Å². The summed E-state index contributed by atoms with van der Waals surface area (Å²) >= 11 is 1.77. The van der Waals surface area contributed by atoms with E-state index in [2.05, 4.69) is 112 Å². The van der Waals surface area contributed by atoms with Crippen molar-refractivity contribution in [3.8, 4) is 28.1 Å². The zero-order valence-corrected chi connectivity index (χ0v) is 19.8. The van der Waals surface area contributed by atoms with E-state index < -0.39 is 0 Å². The van der Waals surface area contributed by atoms with Crippen molar-refractivity contribution in [3.05, 3.63) is 109 Å². The third-order valence-corrected chi connectivity index (χ3v) is 7.15. The van der Waals surface area contributed by atoms with Crippen LogP contribution < -0.4 is 9.25 Å². The van der Waals surface area contributed by atoms with Crippen molar-refractivity contribution < 1.29 is 9.25 Å². The van der Waals surface area contributed by atoms with E-state index in [0.29, 0.717) is 0 Å². The highest BCUT2D eigenvalue weighted by atomic mass is 32.2. The Labute approximate surface area is 202 Å². The number of ether oxygens (including phenoxy) is 1. The van der Waals surface area contributed by atoms with Crippen molar-refractivity contribution in [3.63, 3.8) is 0 Å². The van der Waals surface area contributed by atoms with Crippen molar-refractivity contribution in [1.82, 2.24) is 9.73 Å². The summed E-state index contributed by atoms with van der Waals surface area (Å²) in [6.45, 7) is 2.13. The fourth-order valence-electron chi connectivity index (χ4n) is 4.39. The van der Waals surface area contributed by atoms with Gasteiger partial charge in [0.25, 0.3) is 0 Å². The molecule has 0 aliphatic rings. The number of aromatic nitrogens is 3. The lowest BCUT2D eigenvalue weighted by atomic mass is 10.0. The summed E-state index contributed by atoms with van der Waals surface area (Å²) in [4.78, 5) is 1.19. The molecule has 0 bridgehead atoms. The van der Waals surface area contributed by atoms with E-state index in [-0.39, 0.29) is 0 Å². The highest BCUT2D eigenvalue weighted by molar-refractivity contribution is 7.99. The highest BCUT2D eigenvalue weighted by Gasteiger charge is 2.30. The van der Waals surface area contributed by atoms with Gasteiger partial charge in [0.1, 0.15) is 5.75 Å². The van der Waals surface area contributed by atoms with Crippen LogP contribution in [-0.2, 0) is 0 Å². The topological polar surface area (TPSA) is 33.5 Å². The maximum atomic E-state index is 5.44. The number of fused-ring (bicyclic) bond motifs is 3. The molecule has 0 fully saturated rings. The van der Waals surface area contributed by atoms with Crippen LogP contribution in [0.1, 0.15) is 5.56 Å². The molecule has 2 heterocycles. The van der Waals surface area contributed by atoms with Crippen LogP contribution in [0, 0.1) is 6.92 Å². The zero-order chi connectivity index (χ0) is 23.1. The minimum atomic E-state index is 0.846. The third-order valence-electron chi connectivity index (χ3n) is 6.07. The minimum Gasteiger partial charge on any atom is -0.497 e. The first-order chi connectivity index (χ1) is 16.7. The first-order valence-electron chi connectivity index (χ1n) is 11.2. The van der Waals surface area contributed by atoms with Crippen LogP contribution in [0.2, 0.25) is 0 Å². The first kappa shape index (κ1) is 20.6. The number of hydrogen-bond acceptors (Lipinski definition) is 2. The van der Waals surface area contributed by atoms with Gasteiger partial charge in [0.05, 0.1) is 12.7 Å². The molecule has 2 aromatic heterocycles. The van der Waals surface area contributed by atoms with Crippen LogP contribution in [-0.4, -0.2) is 16.8 Å². The van der Waals surface area contributed by atoms with Gasteiger partial charge < -0.3 is 4.74 Å². The molecule has 0 unspecified atom stereocenters. The lowest BCUT2D eigenvalue weighted by Gasteiger charge is -2.07. The Kier molecular flexibility index (Phi) is 5.12. The number of benzene rings is 4. The van der Waals surface area contributed by atoms with Gasteiger partial charge in [-0.15, -0.1) is 4.52 Å². The molecule has 1 N–H and O–H groups in total. The predicted octanol–water partition coefficient (Wildman–Crippen LogP) is 6.81. The Morgan fingerprint density at radius 3 is 2.18 bits per heavy atom. The van der Waals surface area contributed by atoms with E-state index >= 15 is 0 Å². The van der Waals surface area contributed by atoms with Gasteiger partial charge in [0.2, 0.25) is 5.52 Å². The Morgan fingerprint density at radius 2 is 1.44 bits per heavy atom. The number of methoxy groups -OCH3 is 1. The second-order valence-corrected chi connectivity index (χ2v) is 9.35. The quantitative estimate of drug-likeness (QED) is 0.286. The van der Waals surface area contributed by atoms with Crippen LogP contribution >= 0.6 is 11.8 Å². The fourth-order valence-corrected chi connectivity index (χ4v) is 5.44. The maximum Gasteiger partial charge on any atom is 0.202 e. The molecule has 0 spiro atoms. The van der Waals surface area contributed by atoms with Gasteiger partial charge in [-0.05, 0) is 65.6 Å². The summed E-state index contributed by atoms with van der Waals surface area (Å²) < 4.78 is 9.90. The molecule has 0 aliphatic carbocycles. The largest absolute Gasteiger partial charge is 0.497 e. The summed E-state index contributed by atoms with van der Waals surface area (Å²) in [5.41, 5.74) is 8.11.